The standard InChI is InChI=1S/C30H45N5O/c1-3-4-5-6-7-8-9-10-11-12-13-14-15-16-22-32-29-27(31)30(34-23-33-29)36-26-19-17-18-25-21-20-24(2)35-28(25)26/h17-21,23H,3-16,22,31H2,1-2H3,(H,32,33,34). The van der Waals surface area contributed by atoms with Crippen molar-refractivity contribution in [1.82, 2.24) is 15.0 Å². The third-order valence-corrected chi connectivity index (χ3v) is 6.70. The lowest BCUT2D eigenvalue weighted by Gasteiger charge is -2.13. The van der Waals surface area contributed by atoms with E-state index in [1.54, 1.807) is 0 Å². The number of unbranched alkanes of at least 4 members (excludes halogenated alkanes) is 13. The van der Waals surface area contributed by atoms with Crippen LogP contribution in [0.5, 0.6) is 11.6 Å². The van der Waals surface area contributed by atoms with Crippen LogP contribution in [0.1, 0.15) is 103 Å². The van der Waals surface area contributed by atoms with Gasteiger partial charge in [-0.25, -0.2) is 9.97 Å². The van der Waals surface area contributed by atoms with Gasteiger partial charge in [0.2, 0.25) is 5.88 Å². The van der Waals surface area contributed by atoms with Crippen molar-refractivity contribution in [1.29, 1.82) is 0 Å². The Morgan fingerprint density at radius 1 is 0.778 bits per heavy atom. The number of rotatable bonds is 18. The van der Waals surface area contributed by atoms with Crippen molar-refractivity contribution in [3.05, 3.63) is 42.4 Å². The van der Waals surface area contributed by atoms with Crippen LogP contribution >= 0.6 is 0 Å². The maximum Gasteiger partial charge on any atom is 0.248 e. The Morgan fingerprint density at radius 3 is 2.08 bits per heavy atom. The molecule has 0 aliphatic heterocycles. The van der Waals surface area contributed by atoms with Gasteiger partial charge in [0.05, 0.1) is 0 Å². The van der Waals surface area contributed by atoms with Crippen LogP contribution in [0.3, 0.4) is 0 Å². The molecule has 0 aliphatic carbocycles. The molecule has 2 aromatic heterocycles. The molecule has 0 unspecified atom stereocenters. The van der Waals surface area contributed by atoms with Crippen LogP contribution in [0, 0.1) is 6.92 Å². The van der Waals surface area contributed by atoms with Crippen molar-refractivity contribution in [2.45, 2.75) is 104 Å². The molecule has 196 valence electrons. The number of nitrogen functional groups attached to an aromatic ring is 1. The van der Waals surface area contributed by atoms with Crippen molar-refractivity contribution in [2.24, 2.45) is 0 Å². The van der Waals surface area contributed by atoms with E-state index in [0.717, 1.165) is 29.6 Å². The highest BCUT2D eigenvalue weighted by Crippen LogP contribution is 2.32. The fourth-order valence-electron chi connectivity index (χ4n) is 4.53. The quantitative estimate of drug-likeness (QED) is 0.173. The fraction of sp³-hybridized carbons (Fsp3) is 0.567. The second-order valence-corrected chi connectivity index (χ2v) is 9.85. The maximum absolute atomic E-state index is 6.33. The van der Waals surface area contributed by atoms with E-state index < -0.39 is 0 Å². The van der Waals surface area contributed by atoms with Gasteiger partial charge < -0.3 is 15.8 Å². The zero-order chi connectivity index (χ0) is 25.4. The third kappa shape index (κ3) is 9.29. The summed E-state index contributed by atoms with van der Waals surface area (Å²) in [6, 6.07) is 9.88. The van der Waals surface area contributed by atoms with E-state index >= 15 is 0 Å². The van der Waals surface area contributed by atoms with Crippen LogP contribution in [0.4, 0.5) is 11.5 Å². The van der Waals surface area contributed by atoms with Crippen LogP contribution in [-0.4, -0.2) is 21.5 Å². The monoisotopic (exact) mass is 491 g/mol. The molecule has 0 amide bonds. The molecule has 6 heteroatoms. The van der Waals surface area contributed by atoms with Gasteiger partial charge in [0.1, 0.15) is 17.5 Å². The topological polar surface area (TPSA) is 86.0 Å². The summed E-state index contributed by atoms with van der Waals surface area (Å²) in [6.45, 7) is 5.09. The lowest BCUT2D eigenvalue weighted by Crippen LogP contribution is -2.08. The molecule has 3 aromatic rings. The molecular weight excluding hydrogens is 446 g/mol. The first-order valence-corrected chi connectivity index (χ1v) is 14.1. The number of ether oxygens (including phenoxy) is 1. The van der Waals surface area contributed by atoms with Gasteiger partial charge >= 0.3 is 0 Å². The second kappa shape index (κ2) is 16.0. The summed E-state index contributed by atoms with van der Waals surface area (Å²) >= 11 is 0. The number of aryl methyl sites for hydroxylation is 1. The second-order valence-electron chi connectivity index (χ2n) is 9.85. The van der Waals surface area contributed by atoms with E-state index in [0.29, 0.717) is 23.1 Å². The normalized spacial score (nSPS) is 11.2. The minimum Gasteiger partial charge on any atom is -0.435 e. The molecule has 0 saturated heterocycles. The van der Waals surface area contributed by atoms with E-state index in [9.17, 15) is 0 Å². The van der Waals surface area contributed by atoms with Gasteiger partial charge in [-0.1, -0.05) is 109 Å². The molecule has 0 radical (unpaired) electrons. The molecule has 3 rings (SSSR count). The van der Waals surface area contributed by atoms with E-state index in [1.165, 1.54) is 89.8 Å². The first-order chi connectivity index (χ1) is 17.7. The van der Waals surface area contributed by atoms with Gasteiger partial charge in [-0.3, -0.25) is 0 Å². The summed E-state index contributed by atoms with van der Waals surface area (Å²) in [5.74, 6) is 1.61. The number of fused-ring (bicyclic) bond motifs is 1. The molecular formula is C30H45N5O. The Morgan fingerprint density at radius 2 is 1.42 bits per heavy atom. The number of anilines is 2. The number of pyridine rings is 1. The number of hydrogen-bond donors (Lipinski definition) is 2. The minimum atomic E-state index is 0.351. The number of nitrogens with zero attached hydrogens (tertiary/aromatic N) is 3. The highest BCUT2D eigenvalue weighted by molar-refractivity contribution is 5.85. The predicted molar refractivity (Wildman–Crippen MR) is 152 cm³/mol. The Bertz CT molecular complexity index is 1040. The molecule has 0 fully saturated rings. The molecule has 3 N–H and O–H groups in total. The molecule has 36 heavy (non-hydrogen) atoms. The van der Waals surface area contributed by atoms with Gasteiger partial charge in [0.15, 0.2) is 11.6 Å². The molecule has 0 spiro atoms. The van der Waals surface area contributed by atoms with E-state index in [-0.39, 0.29) is 0 Å². The summed E-state index contributed by atoms with van der Waals surface area (Å²) in [5, 5.41) is 4.37. The predicted octanol–water partition coefficient (Wildman–Crippen LogP) is 8.60. The van der Waals surface area contributed by atoms with Crippen molar-refractivity contribution >= 4 is 22.4 Å². The Balaban J connectivity index is 1.31. The molecule has 2 heterocycles. The van der Waals surface area contributed by atoms with E-state index in [1.807, 2.05) is 37.3 Å². The smallest absolute Gasteiger partial charge is 0.248 e. The Hall–Kier alpha value is -2.89. The highest BCUT2D eigenvalue weighted by atomic mass is 16.5. The van der Waals surface area contributed by atoms with Crippen LogP contribution < -0.4 is 15.8 Å². The van der Waals surface area contributed by atoms with E-state index in [4.69, 9.17) is 10.5 Å². The fourth-order valence-corrected chi connectivity index (χ4v) is 4.53. The summed E-state index contributed by atoms with van der Waals surface area (Å²) in [6.07, 6.45) is 20.5. The largest absolute Gasteiger partial charge is 0.435 e. The van der Waals surface area contributed by atoms with Crippen molar-refractivity contribution in [3.63, 3.8) is 0 Å². The Kier molecular flexibility index (Phi) is 12.3. The lowest BCUT2D eigenvalue weighted by atomic mass is 10.0. The first kappa shape index (κ1) is 27.7. The summed E-state index contributed by atoms with van der Waals surface area (Å²) in [7, 11) is 0. The molecule has 0 aliphatic rings. The number of nitrogens with two attached hydrogens (primary N) is 1. The van der Waals surface area contributed by atoms with Gasteiger partial charge in [-0.2, -0.15) is 4.98 Å². The maximum atomic E-state index is 6.33. The van der Waals surface area contributed by atoms with Crippen LogP contribution in [0.15, 0.2) is 36.7 Å². The van der Waals surface area contributed by atoms with Gasteiger partial charge in [-0.05, 0) is 25.5 Å². The zero-order valence-electron chi connectivity index (χ0n) is 22.4. The Labute approximate surface area is 217 Å². The number of hydrogen-bond acceptors (Lipinski definition) is 6. The zero-order valence-corrected chi connectivity index (χ0v) is 22.4. The molecule has 6 nitrogen and oxygen atoms in total. The van der Waals surface area contributed by atoms with Gasteiger partial charge in [0.25, 0.3) is 0 Å². The van der Waals surface area contributed by atoms with Crippen LogP contribution in [0.25, 0.3) is 10.9 Å². The summed E-state index contributed by atoms with van der Waals surface area (Å²) < 4.78 is 6.07. The van der Waals surface area contributed by atoms with Gasteiger partial charge in [0, 0.05) is 17.6 Å². The SMILES string of the molecule is CCCCCCCCCCCCCCCCNc1ncnc(Oc2cccc3ccc(C)nc23)c1N. The number of nitrogens with one attached hydrogen (secondary N) is 1. The third-order valence-electron chi connectivity index (χ3n) is 6.70. The van der Waals surface area contributed by atoms with E-state index in [2.05, 4.69) is 27.2 Å². The summed E-state index contributed by atoms with van der Waals surface area (Å²) in [5.41, 5.74) is 8.49. The first-order valence-electron chi connectivity index (χ1n) is 14.1. The molecule has 0 bridgehead atoms. The number of para-hydroxylation sites is 1. The average molecular weight is 492 g/mol. The molecule has 1 aromatic carbocycles. The molecule has 0 saturated carbocycles. The average Bonchev–Trinajstić information content (AvgIpc) is 2.88. The van der Waals surface area contributed by atoms with Crippen LogP contribution in [-0.2, 0) is 0 Å². The van der Waals surface area contributed by atoms with Gasteiger partial charge in [-0.15, -0.1) is 0 Å². The van der Waals surface area contributed by atoms with Crippen molar-refractivity contribution in [2.75, 3.05) is 17.6 Å². The number of aromatic nitrogens is 3. The minimum absolute atomic E-state index is 0.351. The number of benzene rings is 1. The highest BCUT2D eigenvalue weighted by Gasteiger charge is 2.12. The van der Waals surface area contributed by atoms with Crippen LogP contribution in [0.2, 0.25) is 0 Å². The molecule has 0 atom stereocenters. The van der Waals surface area contributed by atoms with Crippen molar-refractivity contribution < 1.29 is 4.74 Å². The lowest BCUT2D eigenvalue weighted by molar-refractivity contribution is 0.468. The van der Waals surface area contributed by atoms with Crippen molar-refractivity contribution in [3.8, 4) is 11.6 Å². The summed E-state index contributed by atoms with van der Waals surface area (Å²) in [4.78, 5) is 13.2.